The molecule has 0 aromatic heterocycles. The standard InChI is InChI=1S/C15H24N2O3/c1-11(2)6-8-20-9-7-17-15(18)13-10-12(16)4-5-14(13)19-3/h4-5,10-11H,6-9,16H2,1-3H3,(H,17,18). The van der Waals surface area contributed by atoms with Gasteiger partial charge in [-0.15, -0.1) is 0 Å². The topological polar surface area (TPSA) is 73.6 Å². The zero-order valence-electron chi connectivity index (χ0n) is 12.4. The Kier molecular flexibility index (Phi) is 6.87. The summed E-state index contributed by atoms with van der Waals surface area (Å²) in [6.07, 6.45) is 1.02. The van der Waals surface area contributed by atoms with Crippen molar-refractivity contribution in [3.05, 3.63) is 23.8 Å². The molecule has 0 saturated carbocycles. The van der Waals surface area contributed by atoms with Crippen LogP contribution in [-0.2, 0) is 4.74 Å². The quantitative estimate of drug-likeness (QED) is 0.565. The highest BCUT2D eigenvalue weighted by molar-refractivity contribution is 5.97. The fourth-order valence-corrected chi connectivity index (χ4v) is 1.66. The first-order valence-corrected chi connectivity index (χ1v) is 6.84. The van der Waals surface area contributed by atoms with E-state index < -0.39 is 0 Å². The molecule has 1 aromatic rings. The van der Waals surface area contributed by atoms with Crippen LogP contribution in [-0.4, -0.2) is 32.8 Å². The first-order chi connectivity index (χ1) is 9.54. The van der Waals surface area contributed by atoms with Gasteiger partial charge in [0, 0.05) is 18.8 Å². The van der Waals surface area contributed by atoms with Crippen molar-refractivity contribution < 1.29 is 14.3 Å². The smallest absolute Gasteiger partial charge is 0.255 e. The number of rotatable bonds is 8. The summed E-state index contributed by atoms with van der Waals surface area (Å²) in [7, 11) is 1.53. The van der Waals surface area contributed by atoms with Gasteiger partial charge in [0.25, 0.3) is 5.91 Å². The average molecular weight is 280 g/mol. The summed E-state index contributed by atoms with van der Waals surface area (Å²) in [6, 6.07) is 4.99. The normalized spacial score (nSPS) is 10.6. The molecule has 1 rings (SSSR count). The van der Waals surface area contributed by atoms with Crippen molar-refractivity contribution in [2.75, 3.05) is 32.6 Å². The Hall–Kier alpha value is -1.75. The highest BCUT2D eigenvalue weighted by Crippen LogP contribution is 2.20. The molecule has 0 heterocycles. The van der Waals surface area contributed by atoms with E-state index in [0.29, 0.717) is 36.1 Å². The minimum absolute atomic E-state index is 0.207. The van der Waals surface area contributed by atoms with Gasteiger partial charge in [0.2, 0.25) is 0 Å². The molecule has 0 aliphatic rings. The van der Waals surface area contributed by atoms with Crippen LogP contribution in [0.15, 0.2) is 18.2 Å². The van der Waals surface area contributed by atoms with E-state index in [1.54, 1.807) is 18.2 Å². The summed E-state index contributed by atoms with van der Waals surface area (Å²) in [4.78, 5) is 12.0. The molecule has 3 N–H and O–H groups in total. The van der Waals surface area contributed by atoms with Crippen molar-refractivity contribution in [3.63, 3.8) is 0 Å². The van der Waals surface area contributed by atoms with Crippen LogP contribution in [0.1, 0.15) is 30.6 Å². The highest BCUT2D eigenvalue weighted by atomic mass is 16.5. The van der Waals surface area contributed by atoms with Crippen molar-refractivity contribution in [1.82, 2.24) is 5.32 Å². The van der Waals surface area contributed by atoms with Crippen LogP contribution in [0.5, 0.6) is 5.75 Å². The van der Waals surface area contributed by atoms with Gasteiger partial charge in [0.05, 0.1) is 19.3 Å². The van der Waals surface area contributed by atoms with Crippen molar-refractivity contribution in [1.29, 1.82) is 0 Å². The summed E-state index contributed by atoms with van der Waals surface area (Å²) < 4.78 is 10.6. The van der Waals surface area contributed by atoms with Crippen LogP contribution in [0.3, 0.4) is 0 Å². The number of amides is 1. The molecule has 5 heteroatoms. The number of anilines is 1. The number of nitrogens with two attached hydrogens (primary N) is 1. The Morgan fingerprint density at radius 2 is 2.10 bits per heavy atom. The molecule has 112 valence electrons. The Bertz CT molecular complexity index is 433. The van der Waals surface area contributed by atoms with Gasteiger partial charge in [-0.3, -0.25) is 4.79 Å². The Labute approximate surface area is 120 Å². The van der Waals surface area contributed by atoms with Gasteiger partial charge in [0.1, 0.15) is 5.75 Å². The van der Waals surface area contributed by atoms with Crippen LogP contribution in [0.4, 0.5) is 5.69 Å². The summed E-state index contributed by atoms with van der Waals surface area (Å²) in [5.74, 6) is 0.931. The fraction of sp³-hybridized carbons (Fsp3) is 0.533. The molecule has 0 atom stereocenters. The minimum Gasteiger partial charge on any atom is -0.496 e. The van der Waals surface area contributed by atoms with Crippen molar-refractivity contribution >= 4 is 11.6 Å². The molecule has 20 heavy (non-hydrogen) atoms. The molecule has 0 bridgehead atoms. The first-order valence-electron chi connectivity index (χ1n) is 6.84. The Morgan fingerprint density at radius 1 is 1.35 bits per heavy atom. The van der Waals surface area contributed by atoms with E-state index in [2.05, 4.69) is 19.2 Å². The van der Waals surface area contributed by atoms with E-state index in [1.165, 1.54) is 7.11 Å². The fourth-order valence-electron chi connectivity index (χ4n) is 1.66. The highest BCUT2D eigenvalue weighted by Gasteiger charge is 2.11. The largest absolute Gasteiger partial charge is 0.496 e. The Balaban J connectivity index is 2.37. The van der Waals surface area contributed by atoms with Crippen LogP contribution >= 0.6 is 0 Å². The molecule has 0 saturated heterocycles. The third-order valence-corrected chi connectivity index (χ3v) is 2.84. The summed E-state index contributed by atoms with van der Waals surface area (Å²) >= 11 is 0. The van der Waals surface area contributed by atoms with E-state index in [0.717, 1.165) is 13.0 Å². The van der Waals surface area contributed by atoms with Crippen molar-refractivity contribution in [3.8, 4) is 5.75 Å². The number of hydrogen-bond donors (Lipinski definition) is 2. The van der Waals surface area contributed by atoms with Gasteiger partial charge in [-0.1, -0.05) is 13.8 Å². The predicted molar refractivity (Wildman–Crippen MR) is 80.0 cm³/mol. The number of benzene rings is 1. The van der Waals surface area contributed by atoms with Crippen LogP contribution in [0.2, 0.25) is 0 Å². The SMILES string of the molecule is COc1ccc(N)cc1C(=O)NCCOCCC(C)C. The maximum Gasteiger partial charge on any atom is 0.255 e. The summed E-state index contributed by atoms with van der Waals surface area (Å²) in [5.41, 5.74) is 6.65. The second-order valence-corrected chi connectivity index (χ2v) is 5.01. The predicted octanol–water partition coefficient (Wildman–Crippen LogP) is 2.07. The van der Waals surface area contributed by atoms with Gasteiger partial charge in [-0.2, -0.15) is 0 Å². The van der Waals surface area contributed by atoms with Crippen LogP contribution in [0.25, 0.3) is 0 Å². The van der Waals surface area contributed by atoms with Gasteiger partial charge in [0.15, 0.2) is 0 Å². The van der Waals surface area contributed by atoms with E-state index in [1.807, 2.05) is 0 Å². The molecule has 0 fully saturated rings. The van der Waals surface area contributed by atoms with Crippen LogP contribution < -0.4 is 15.8 Å². The molecular weight excluding hydrogens is 256 g/mol. The maximum absolute atomic E-state index is 12.0. The maximum atomic E-state index is 12.0. The first kappa shape index (κ1) is 16.3. The van der Waals surface area contributed by atoms with E-state index in [-0.39, 0.29) is 5.91 Å². The second-order valence-electron chi connectivity index (χ2n) is 5.01. The number of carbonyl (C=O) groups excluding carboxylic acids is 1. The molecule has 1 amide bonds. The number of hydrogen-bond acceptors (Lipinski definition) is 4. The van der Waals surface area contributed by atoms with Gasteiger partial charge < -0.3 is 20.5 Å². The lowest BCUT2D eigenvalue weighted by molar-refractivity contribution is 0.0903. The summed E-state index contributed by atoms with van der Waals surface area (Å²) in [6.45, 7) is 5.99. The molecule has 0 radical (unpaired) electrons. The number of ether oxygens (including phenoxy) is 2. The summed E-state index contributed by atoms with van der Waals surface area (Å²) in [5, 5.41) is 2.79. The van der Waals surface area contributed by atoms with E-state index in [9.17, 15) is 4.79 Å². The molecule has 0 aliphatic heterocycles. The second kappa shape index (κ2) is 8.43. The Morgan fingerprint density at radius 3 is 2.75 bits per heavy atom. The molecule has 0 aliphatic carbocycles. The molecule has 5 nitrogen and oxygen atoms in total. The average Bonchev–Trinajstić information content (AvgIpc) is 2.42. The lowest BCUT2D eigenvalue weighted by Crippen LogP contribution is -2.27. The van der Waals surface area contributed by atoms with Gasteiger partial charge in [-0.25, -0.2) is 0 Å². The minimum atomic E-state index is -0.207. The zero-order chi connectivity index (χ0) is 15.0. The third-order valence-electron chi connectivity index (χ3n) is 2.84. The molecule has 0 spiro atoms. The van der Waals surface area contributed by atoms with Crippen molar-refractivity contribution in [2.24, 2.45) is 5.92 Å². The number of methoxy groups -OCH3 is 1. The van der Waals surface area contributed by atoms with E-state index in [4.69, 9.17) is 15.2 Å². The number of nitrogens with one attached hydrogen (secondary N) is 1. The zero-order valence-corrected chi connectivity index (χ0v) is 12.4. The lowest BCUT2D eigenvalue weighted by atomic mass is 10.1. The molecule has 1 aromatic carbocycles. The van der Waals surface area contributed by atoms with Crippen molar-refractivity contribution in [2.45, 2.75) is 20.3 Å². The van der Waals surface area contributed by atoms with Crippen LogP contribution in [0, 0.1) is 5.92 Å². The van der Waals surface area contributed by atoms with Gasteiger partial charge in [-0.05, 0) is 30.5 Å². The van der Waals surface area contributed by atoms with E-state index >= 15 is 0 Å². The monoisotopic (exact) mass is 280 g/mol. The molecule has 0 unspecified atom stereocenters. The van der Waals surface area contributed by atoms with Gasteiger partial charge >= 0.3 is 0 Å². The number of nitrogen functional groups attached to an aromatic ring is 1. The lowest BCUT2D eigenvalue weighted by Gasteiger charge is -2.10. The number of carbonyl (C=O) groups is 1. The molecular formula is C15H24N2O3. The third kappa shape index (κ3) is 5.48.